The highest BCUT2D eigenvalue weighted by Gasteiger charge is 2.28. The molecule has 0 spiro atoms. The fourth-order valence-corrected chi connectivity index (χ4v) is 4.16. The van der Waals surface area contributed by atoms with E-state index in [4.69, 9.17) is 9.47 Å². The molecule has 10 nitrogen and oxygen atoms in total. The highest BCUT2D eigenvalue weighted by Crippen LogP contribution is 2.30. The topological polar surface area (TPSA) is 128 Å². The molecular weight excluding hydrogens is 450 g/mol. The lowest BCUT2D eigenvalue weighted by Crippen LogP contribution is -2.29. The van der Waals surface area contributed by atoms with Gasteiger partial charge in [0.2, 0.25) is 0 Å². The Morgan fingerprint density at radius 1 is 1.17 bits per heavy atom. The van der Waals surface area contributed by atoms with Crippen molar-refractivity contribution in [1.82, 2.24) is 25.3 Å². The average molecular weight is 480 g/mol. The van der Waals surface area contributed by atoms with E-state index in [1.807, 2.05) is 43.3 Å². The van der Waals surface area contributed by atoms with Crippen molar-refractivity contribution in [2.75, 3.05) is 0 Å². The van der Waals surface area contributed by atoms with Crippen molar-refractivity contribution in [1.29, 1.82) is 0 Å². The van der Waals surface area contributed by atoms with Crippen LogP contribution in [0, 0.1) is 12.8 Å². The molecule has 0 bridgehead atoms. The first-order valence-electron chi connectivity index (χ1n) is 11.6. The molecule has 3 aromatic rings. The molecule has 1 saturated carbocycles. The number of benzene rings is 1. The van der Waals surface area contributed by atoms with Crippen LogP contribution >= 0.6 is 0 Å². The third-order valence-corrected chi connectivity index (χ3v) is 6.10. The molecule has 0 aliphatic heterocycles. The van der Waals surface area contributed by atoms with Crippen LogP contribution in [0.4, 0.5) is 4.79 Å². The second-order valence-electron chi connectivity index (χ2n) is 8.65. The molecule has 0 unspecified atom stereocenters. The number of amides is 1. The SMILES string of the molecule is Cc1nc(-c2nnn(C)c2CNC(=O)OCc2ccccc2)ccc1O[C@H]1CCC[C@H](C(=O)O)C1. The van der Waals surface area contributed by atoms with Crippen molar-refractivity contribution in [3.05, 3.63) is 59.4 Å². The lowest BCUT2D eigenvalue weighted by Gasteiger charge is -2.27. The van der Waals surface area contributed by atoms with Gasteiger partial charge in [0, 0.05) is 7.05 Å². The highest BCUT2D eigenvalue weighted by atomic mass is 16.5. The summed E-state index contributed by atoms with van der Waals surface area (Å²) in [6.07, 6.45) is 2.16. The molecule has 1 aromatic carbocycles. The first-order valence-corrected chi connectivity index (χ1v) is 11.6. The Morgan fingerprint density at radius 3 is 2.71 bits per heavy atom. The van der Waals surface area contributed by atoms with Gasteiger partial charge in [-0.2, -0.15) is 0 Å². The summed E-state index contributed by atoms with van der Waals surface area (Å²) in [6, 6.07) is 13.1. The first kappa shape index (κ1) is 24.2. The summed E-state index contributed by atoms with van der Waals surface area (Å²) >= 11 is 0. The summed E-state index contributed by atoms with van der Waals surface area (Å²) in [5, 5.41) is 20.4. The zero-order valence-electron chi connectivity index (χ0n) is 19.8. The smallest absolute Gasteiger partial charge is 0.407 e. The lowest BCUT2D eigenvalue weighted by molar-refractivity contribution is -0.143. The summed E-state index contributed by atoms with van der Waals surface area (Å²) in [7, 11) is 1.75. The lowest BCUT2D eigenvalue weighted by atomic mass is 9.87. The number of hydrogen-bond acceptors (Lipinski definition) is 7. The van der Waals surface area contributed by atoms with Crippen LogP contribution in [0.5, 0.6) is 5.75 Å². The molecule has 2 aromatic heterocycles. The van der Waals surface area contributed by atoms with E-state index in [2.05, 4.69) is 20.6 Å². The molecule has 2 heterocycles. The van der Waals surface area contributed by atoms with Crippen molar-refractivity contribution in [2.45, 2.75) is 51.9 Å². The highest BCUT2D eigenvalue weighted by molar-refractivity contribution is 5.70. The van der Waals surface area contributed by atoms with Crippen LogP contribution in [0.3, 0.4) is 0 Å². The molecule has 1 aliphatic carbocycles. The van der Waals surface area contributed by atoms with Gasteiger partial charge in [-0.3, -0.25) is 4.79 Å². The Balaban J connectivity index is 1.39. The van der Waals surface area contributed by atoms with Crippen molar-refractivity contribution in [3.63, 3.8) is 0 Å². The molecule has 184 valence electrons. The number of aliphatic carboxylic acids is 1. The second kappa shape index (κ2) is 11.0. The first-order chi connectivity index (χ1) is 16.9. The standard InChI is InChI=1S/C25H29N5O5/c1-16-22(35-19-10-6-9-18(13-19)24(31)32)12-11-20(27-16)23-21(30(2)29-28-23)14-26-25(33)34-15-17-7-4-3-5-8-17/h3-5,7-8,11-12,18-19H,6,9-10,13-15H2,1-2H3,(H,26,33)(H,31,32)/t18-,19-/m0/s1. The number of alkyl carbamates (subject to hydrolysis) is 1. The van der Waals surface area contributed by atoms with Gasteiger partial charge in [-0.1, -0.05) is 35.5 Å². The molecule has 1 fully saturated rings. The number of carboxylic acid groups (broad SMARTS) is 1. The van der Waals surface area contributed by atoms with Crippen LogP contribution in [0.25, 0.3) is 11.4 Å². The number of nitrogens with zero attached hydrogens (tertiary/aromatic N) is 4. The summed E-state index contributed by atoms with van der Waals surface area (Å²) in [5.41, 5.74) is 3.41. The number of pyridine rings is 1. The van der Waals surface area contributed by atoms with Crippen molar-refractivity contribution >= 4 is 12.1 Å². The van der Waals surface area contributed by atoms with Crippen LogP contribution in [-0.2, 0) is 29.7 Å². The second-order valence-corrected chi connectivity index (χ2v) is 8.65. The van der Waals surface area contributed by atoms with E-state index in [9.17, 15) is 14.7 Å². The van der Waals surface area contributed by atoms with Gasteiger partial charge < -0.3 is 19.9 Å². The maximum atomic E-state index is 12.2. The predicted molar refractivity (Wildman–Crippen MR) is 126 cm³/mol. The summed E-state index contributed by atoms with van der Waals surface area (Å²) in [5.74, 6) is -0.510. The molecule has 1 amide bonds. The summed E-state index contributed by atoms with van der Waals surface area (Å²) in [6.45, 7) is 2.19. The summed E-state index contributed by atoms with van der Waals surface area (Å²) in [4.78, 5) is 28.1. The van der Waals surface area contributed by atoms with Gasteiger partial charge in [-0.15, -0.1) is 5.10 Å². The number of aromatic nitrogens is 4. The van der Waals surface area contributed by atoms with Crippen molar-refractivity contribution in [3.8, 4) is 17.1 Å². The van der Waals surface area contributed by atoms with Crippen LogP contribution in [-0.4, -0.2) is 43.3 Å². The zero-order chi connectivity index (χ0) is 24.8. The van der Waals surface area contributed by atoms with E-state index < -0.39 is 12.1 Å². The number of ether oxygens (including phenoxy) is 2. The van der Waals surface area contributed by atoms with E-state index in [0.29, 0.717) is 41.4 Å². The quantitative estimate of drug-likeness (QED) is 0.501. The Kier molecular flexibility index (Phi) is 7.59. The van der Waals surface area contributed by atoms with Gasteiger partial charge in [-0.25, -0.2) is 14.5 Å². The molecule has 35 heavy (non-hydrogen) atoms. The fourth-order valence-electron chi connectivity index (χ4n) is 4.16. The number of hydrogen-bond donors (Lipinski definition) is 2. The Hall–Kier alpha value is -3.95. The number of carboxylic acids is 1. The Morgan fingerprint density at radius 2 is 1.97 bits per heavy atom. The molecule has 2 atom stereocenters. The van der Waals surface area contributed by atoms with Crippen LogP contribution < -0.4 is 10.1 Å². The van der Waals surface area contributed by atoms with Crippen molar-refractivity contribution < 1.29 is 24.2 Å². The van der Waals surface area contributed by atoms with E-state index in [1.165, 1.54) is 0 Å². The van der Waals surface area contributed by atoms with Gasteiger partial charge in [-0.05, 0) is 50.3 Å². The molecule has 4 rings (SSSR count). The Labute approximate surface area is 203 Å². The molecule has 2 N–H and O–H groups in total. The minimum absolute atomic E-state index is 0.144. The normalized spacial score (nSPS) is 17.5. The van der Waals surface area contributed by atoms with E-state index >= 15 is 0 Å². The maximum absolute atomic E-state index is 12.2. The van der Waals surface area contributed by atoms with Crippen LogP contribution in [0.2, 0.25) is 0 Å². The van der Waals surface area contributed by atoms with Gasteiger partial charge in [0.15, 0.2) is 0 Å². The van der Waals surface area contributed by atoms with Gasteiger partial charge in [0.05, 0.1) is 35.6 Å². The molecule has 0 saturated heterocycles. The minimum atomic E-state index is -0.767. The predicted octanol–water partition coefficient (Wildman–Crippen LogP) is 3.63. The molecular formula is C25H29N5O5. The van der Waals surface area contributed by atoms with E-state index in [-0.39, 0.29) is 25.2 Å². The minimum Gasteiger partial charge on any atom is -0.489 e. The number of carbonyl (C=O) groups excluding carboxylic acids is 1. The molecule has 0 radical (unpaired) electrons. The van der Waals surface area contributed by atoms with Crippen molar-refractivity contribution in [2.24, 2.45) is 13.0 Å². The molecule has 10 heteroatoms. The largest absolute Gasteiger partial charge is 0.489 e. The number of aryl methyl sites for hydroxylation is 2. The maximum Gasteiger partial charge on any atom is 0.407 e. The number of carbonyl (C=O) groups is 2. The third kappa shape index (κ3) is 6.14. The fraction of sp³-hybridized carbons (Fsp3) is 0.400. The van der Waals surface area contributed by atoms with Crippen LogP contribution in [0.1, 0.15) is 42.6 Å². The monoisotopic (exact) mass is 479 g/mol. The van der Waals surface area contributed by atoms with Gasteiger partial charge in [0.1, 0.15) is 18.1 Å². The third-order valence-electron chi connectivity index (χ3n) is 6.10. The van der Waals surface area contributed by atoms with E-state index in [1.54, 1.807) is 17.8 Å². The number of rotatable bonds is 8. The summed E-state index contributed by atoms with van der Waals surface area (Å²) < 4.78 is 13.0. The number of nitrogens with one attached hydrogen (secondary N) is 1. The molecule has 1 aliphatic rings. The average Bonchev–Trinajstić information content (AvgIpc) is 3.23. The van der Waals surface area contributed by atoms with Crippen LogP contribution in [0.15, 0.2) is 42.5 Å². The van der Waals surface area contributed by atoms with Gasteiger partial charge >= 0.3 is 12.1 Å². The van der Waals surface area contributed by atoms with Gasteiger partial charge in [0.25, 0.3) is 0 Å². The zero-order valence-corrected chi connectivity index (χ0v) is 19.8. The van der Waals surface area contributed by atoms with E-state index in [0.717, 1.165) is 18.4 Å². The Bertz CT molecular complexity index is 1180.